The van der Waals surface area contributed by atoms with E-state index in [1.807, 2.05) is 7.05 Å². The predicted octanol–water partition coefficient (Wildman–Crippen LogP) is 3.18. The molecule has 0 amide bonds. The van der Waals surface area contributed by atoms with Crippen molar-refractivity contribution in [3.8, 4) is 0 Å². The summed E-state index contributed by atoms with van der Waals surface area (Å²) in [5.74, 6) is 0. The van der Waals surface area contributed by atoms with Gasteiger partial charge in [-0.3, -0.25) is 0 Å². The maximum atomic E-state index is 3.51. The fourth-order valence-electron chi connectivity index (χ4n) is 2.57. The quantitative estimate of drug-likeness (QED) is 0.887. The van der Waals surface area contributed by atoms with E-state index in [0.717, 1.165) is 11.0 Å². The second-order valence-corrected chi connectivity index (χ2v) is 5.62. The molecule has 1 aliphatic rings. The molecule has 3 rings (SSSR count). The summed E-state index contributed by atoms with van der Waals surface area (Å²) in [6.07, 6.45) is 4.79. The Labute approximate surface area is 104 Å². The molecule has 0 spiro atoms. The Hall–Kier alpha value is -0.800. The molecule has 1 heterocycles. The molecule has 0 bridgehead atoms. The van der Waals surface area contributed by atoms with Crippen molar-refractivity contribution in [2.75, 3.05) is 13.6 Å². The number of aromatic nitrogens is 1. The highest BCUT2D eigenvalue weighted by Gasteiger charge is 2.44. The zero-order valence-corrected chi connectivity index (χ0v) is 10.9. The first kappa shape index (κ1) is 10.4. The molecule has 2 aromatic rings. The van der Waals surface area contributed by atoms with E-state index < -0.39 is 0 Å². The van der Waals surface area contributed by atoms with Crippen LogP contribution >= 0.6 is 15.9 Å². The van der Waals surface area contributed by atoms with Crippen LogP contribution in [0.4, 0.5) is 0 Å². The van der Waals surface area contributed by atoms with Gasteiger partial charge in [-0.1, -0.05) is 22.0 Å². The van der Waals surface area contributed by atoms with Crippen LogP contribution in [0.2, 0.25) is 0 Å². The van der Waals surface area contributed by atoms with Crippen LogP contribution < -0.4 is 5.32 Å². The molecule has 2 N–H and O–H groups in total. The van der Waals surface area contributed by atoms with E-state index in [9.17, 15) is 0 Å². The molecule has 1 aliphatic carbocycles. The maximum absolute atomic E-state index is 3.51. The first-order valence-electron chi connectivity index (χ1n) is 5.67. The fraction of sp³-hybridized carbons (Fsp3) is 0.385. The van der Waals surface area contributed by atoms with Crippen LogP contribution in [0.1, 0.15) is 18.4 Å². The largest absolute Gasteiger partial charge is 0.361 e. The van der Waals surface area contributed by atoms with Crippen LogP contribution in [-0.2, 0) is 5.41 Å². The first-order chi connectivity index (χ1) is 7.75. The molecule has 1 aromatic carbocycles. The highest BCUT2D eigenvalue weighted by atomic mass is 79.9. The molecule has 0 saturated heterocycles. The Bertz CT molecular complexity index is 526. The summed E-state index contributed by atoms with van der Waals surface area (Å²) in [6, 6.07) is 6.48. The van der Waals surface area contributed by atoms with Crippen LogP contribution in [0.15, 0.2) is 28.9 Å². The molecule has 0 unspecified atom stereocenters. The first-order valence-corrected chi connectivity index (χ1v) is 6.46. The number of halogens is 1. The summed E-state index contributed by atoms with van der Waals surface area (Å²) in [7, 11) is 2.03. The number of H-pyrrole nitrogens is 1. The van der Waals surface area contributed by atoms with E-state index in [-0.39, 0.29) is 0 Å². The number of benzene rings is 1. The fourth-order valence-corrected chi connectivity index (χ4v) is 2.93. The minimum absolute atomic E-state index is 0.390. The van der Waals surface area contributed by atoms with Gasteiger partial charge in [0.05, 0.1) is 0 Å². The molecule has 1 saturated carbocycles. The van der Waals surface area contributed by atoms with Crippen LogP contribution in [0.5, 0.6) is 0 Å². The Morgan fingerprint density at radius 1 is 1.44 bits per heavy atom. The minimum atomic E-state index is 0.390. The van der Waals surface area contributed by atoms with Gasteiger partial charge in [-0.2, -0.15) is 0 Å². The van der Waals surface area contributed by atoms with Crippen LogP contribution in [0, 0.1) is 0 Å². The normalized spacial score (nSPS) is 17.9. The number of fused-ring (bicyclic) bond motifs is 1. The van der Waals surface area contributed by atoms with Crippen molar-refractivity contribution in [1.29, 1.82) is 0 Å². The van der Waals surface area contributed by atoms with Crippen molar-refractivity contribution < 1.29 is 0 Å². The highest BCUT2D eigenvalue weighted by molar-refractivity contribution is 9.10. The summed E-state index contributed by atoms with van der Waals surface area (Å²) < 4.78 is 1.13. The number of rotatable bonds is 3. The van der Waals surface area contributed by atoms with E-state index in [1.54, 1.807) is 0 Å². The van der Waals surface area contributed by atoms with Crippen molar-refractivity contribution >= 4 is 26.8 Å². The summed E-state index contributed by atoms with van der Waals surface area (Å²) in [4.78, 5) is 3.38. The topological polar surface area (TPSA) is 27.8 Å². The molecule has 84 valence electrons. The van der Waals surface area contributed by atoms with Crippen molar-refractivity contribution in [2.24, 2.45) is 0 Å². The standard InChI is InChI=1S/C13H15BrN2/c1-15-8-13(4-5-13)11-7-16-12-6-9(14)2-3-10(11)12/h2-3,6-7,15-16H,4-5,8H2,1H3. The number of hydrogen-bond donors (Lipinski definition) is 2. The molecule has 1 fully saturated rings. The van der Waals surface area contributed by atoms with Gasteiger partial charge in [0.1, 0.15) is 0 Å². The van der Waals surface area contributed by atoms with Gasteiger partial charge in [-0.25, -0.2) is 0 Å². The smallest absolute Gasteiger partial charge is 0.0468 e. The average molecular weight is 279 g/mol. The molecule has 0 radical (unpaired) electrons. The highest BCUT2D eigenvalue weighted by Crippen LogP contribution is 2.49. The van der Waals surface area contributed by atoms with Gasteiger partial charge in [0, 0.05) is 33.5 Å². The third-order valence-corrected chi connectivity index (χ3v) is 4.08. The summed E-state index contributed by atoms with van der Waals surface area (Å²) in [5.41, 5.74) is 3.09. The van der Waals surface area contributed by atoms with Crippen LogP contribution in [0.25, 0.3) is 10.9 Å². The van der Waals surface area contributed by atoms with E-state index >= 15 is 0 Å². The lowest BCUT2D eigenvalue weighted by Gasteiger charge is -2.13. The molecule has 1 aromatic heterocycles. The minimum Gasteiger partial charge on any atom is -0.361 e. The molecular formula is C13H15BrN2. The van der Waals surface area contributed by atoms with Gasteiger partial charge in [-0.15, -0.1) is 0 Å². The van der Waals surface area contributed by atoms with Gasteiger partial charge in [0.2, 0.25) is 0 Å². The van der Waals surface area contributed by atoms with E-state index in [4.69, 9.17) is 0 Å². The number of nitrogens with one attached hydrogen (secondary N) is 2. The number of aromatic amines is 1. The lowest BCUT2D eigenvalue weighted by Crippen LogP contribution is -2.23. The van der Waals surface area contributed by atoms with E-state index in [2.05, 4.69) is 50.6 Å². The summed E-state index contributed by atoms with van der Waals surface area (Å²) in [5, 5.41) is 4.68. The van der Waals surface area contributed by atoms with Crippen molar-refractivity contribution in [3.63, 3.8) is 0 Å². The average Bonchev–Trinajstić information content (AvgIpc) is 2.92. The Morgan fingerprint density at radius 2 is 2.25 bits per heavy atom. The molecule has 0 aliphatic heterocycles. The predicted molar refractivity (Wildman–Crippen MR) is 70.8 cm³/mol. The van der Waals surface area contributed by atoms with Crippen molar-refractivity contribution in [2.45, 2.75) is 18.3 Å². The third kappa shape index (κ3) is 1.50. The Kier molecular flexibility index (Phi) is 2.33. The second-order valence-electron chi connectivity index (χ2n) is 4.70. The number of likely N-dealkylation sites (N-methyl/N-ethyl adjacent to an activating group) is 1. The third-order valence-electron chi connectivity index (χ3n) is 3.58. The van der Waals surface area contributed by atoms with Crippen molar-refractivity contribution in [3.05, 3.63) is 34.4 Å². The maximum Gasteiger partial charge on any atom is 0.0468 e. The SMILES string of the molecule is CNCC1(c2c[nH]c3cc(Br)ccc23)CC1. The van der Waals surface area contributed by atoms with E-state index in [1.165, 1.54) is 29.3 Å². The van der Waals surface area contributed by atoms with Gasteiger partial charge in [-0.05, 0) is 37.6 Å². The lowest BCUT2D eigenvalue weighted by atomic mass is 9.95. The van der Waals surface area contributed by atoms with E-state index in [0.29, 0.717) is 5.41 Å². The van der Waals surface area contributed by atoms with Gasteiger partial charge in [0.25, 0.3) is 0 Å². The number of hydrogen-bond acceptors (Lipinski definition) is 1. The molecule has 2 nitrogen and oxygen atoms in total. The zero-order chi connectivity index (χ0) is 11.2. The zero-order valence-electron chi connectivity index (χ0n) is 9.31. The van der Waals surface area contributed by atoms with Gasteiger partial charge >= 0.3 is 0 Å². The summed E-state index contributed by atoms with van der Waals surface area (Å²) >= 11 is 3.51. The molecule has 16 heavy (non-hydrogen) atoms. The Morgan fingerprint density at radius 3 is 2.94 bits per heavy atom. The lowest BCUT2D eigenvalue weighted by molar-refractivity contribution is 0.628. The Balaban J connectivity index is 2.11. The molecular weight excluding hydrogens is 264 g/mol. The molecule has 3 heteroatoms. The molecule has 0 atom stereocenters. The van der Waals surface area contributed by atoms with Gasteiger partial charge in [0.15, 0.2) is 0 Å². The monoisotopic (exact) mass is 278 g/mol. The van der Waals surface area contributed by atoms with Crippen LogP contribution in [0.3, 0.4) is 0 Å². The van der Waals surface area contributed by atoms with Crippen molar-refractivity contribution in [1.82, 2.24) is 10.3 Å². The second kappa shape index (κ2) is 3.60. The van der Waals surface area contributed by atoms with Crippen LogP contribution in [-0.4, -0.2) is 18.6 Å². The van der Waals surface area contributed by atoms with Gasteiger partial charge < -0.3 is 10.3 Å². The summed E-state index contributed by atoms with van der Waals surface area (Å²) in [6.45, 7) is 1.08.